The van der Waals surface area contributed by atoms with Crippen molar-refractivity contribution in [3.05, 3.63) is 35.3 Å². The molecular formula is C13H16BrN5. The van der Waals surface area contributed by atoms with Crippen LogP contribution in [0.2, 0.25) is 0 Å². The van der Waals surface area contributed by atoms with E-state index in [9.17, 15) is 0 Å². The molecule has 0 aliphatic carbocycles. The largest absolute Gasteiger partial charge is 0.379 e. The van der Waals surface area contributed by atoms with Crippen molar-refractivity contribution in [2.24, 2.45) is 7.05 Å². The van der Waals surface area contributed by atoms with Gasteiger partial charge in [-0.3, -0.25) is 9.67 Å². The summed E-state index contributed by atoms with van der Waals surface area (Å²) in [6.07, 6.45) is 8.76. The summed E-state index contributed by atoms with van der Waals surface area (Å²) in [7, 11) is 1.95. The van der Waals surface area contributed by atoms with Crippen molar-refractivity contribution in [3.63, 3.8) is 0 Å². The molecule has 0 bridgehead atoms. The lowest BCUT2D eigenvalue weighted by molar-refractivity contribution is 0.767. The number of hydrogen-bond donors (Lipinski definition) is 1. The molecule has 1 fully saturated rings. The van der Waals surface area contributed by atoms with Crippen LogP contribution in [0.25, 0.3) is 0 Å². The Kier molecular flexibility index (Phi) is 3.42. The molecule has 0 unspecified atom stereocenters. The first-order valence-electron chi connectivity index (χ1n) is 6.31. The summed E-state index contributed by atoms with van der Waals surface area (Å²) >= 11 is 3.44. The van der Waals surface area contributed by atoms with Crippen LogP contribution in [0.5, 0.6) is 0 Å². The van der Waals surface area contributed by atoms with Gasteiger partial charge in [0.15, 0.2) is 0 Å². The summed E-state index contributed by atoms with van der Waals surface area (Å²) in [6, 6.07) is 2.51. The SMILES string of the molecule is Cn1cc(N2CC[C@H](Nc3cncc(Br)c3)C2)cn1. The number of halogens is 1. The van der Waals surface area contributed by atoms with E-state index < -0.39 is 0 Å². The Bertz CT molecular complexity index is 568. The second kappa shape index (κ2) is 5.21. The van der Waals surface area contributed by atoms with E-state index in [-0.39, 0.29) is 0 Å². The quantitative estimate of drug-likeness (QED) is 0.942. The molecular weight excluding hydrogens is 306 g/mol. The lowest BCUT2D eigenvalue weighted by atomic mass is 10.2. The molecule has 0 saturated carbocycles. The second-order valence-corrected chi connectivity index (χ2v) is 5.76. The van der Waals surface area contributed by atoms with E-state index in [1.807, 2.05) is 24.1 Å². The van der Waals surface area contributed by atoms with Gasteiger partial charge in [0, 0.05) is 43.0 Å². The third kappa shape index (κ3) is 2.89. The predicted octanol–water partition coefficient (Wildman–Crippen LogP) is 2.27. The maximum absolute atomic E-state index is 4.22. The Morgan fingerprint density at radius 2 is 2.26 bits per heavy atom. The van der Waals surface area contributed by atoms with Crippen molar-refractivity contribution < 1.29 is 0 Å². The minimum atomic E-state index is 0.455. The minimum absolute atomic E-state index is 0.455. The number of rotatable bonds is 3. The molecule has 1 saturated heterocycles. The van der Waals surface area contributed by atoms with Gasteiger partial charge in [-0.15, -0.1) is 0 Å². The number of aromatic nitrogens is 3. The van der Waals surface area contributed by atoms with Gasteiger partial charge in [-0.25, -0.2) is 0 Å². The average Bonchev–Trinajstić information content (AvgIpc) is 2.98. The molecule has 0 spiro atoms. The van der Waals surface area contributed by atoms with Crippen LogP contribution in [0, 0.1) is 0 Å². The number of nitrogens with one attached hydrogen (secondary N) is 1. The van der Waals surface area contributed by atoms with E-state index in [2.05, 4.69) is 48.5 Å². The topological polar surface area (TPSA) is 46.0 Å². The first-order valence-corrected chi connectivity index (χ1v) is 7.11. The molecule has 2 aromatic heterocycles. The van der Waals surface area contributed by atoms with Crippen molar-refractivity contribution in [3.8, 4) is 0 Å². The molecule has 3 heterocycles. The lowest BCUT2D eigenvalue weighted by Crippen LogP contribution is -2.25. The van der Waals surface area contributed by atoms with Gasteiger partial charge in [0.05, 0.1) is 23.8 Å². The van der Waals surface area contributed by atoms with Crippen LogP contribution in [0.15, 0.2) is 35.3 Å². The fourth-order valence-electron chi connectivity index (χ4n) is 2.41. The highest BCUT2D eigenvalue weighted by Crippen LogP contribution is 2.22. The molecule has 1 N–H and O–H groups in total. The fraction of sp³-hybridized carbons (Fsp3) is 0.385. The number of anilines is 2. The summed E-state index contributed by atoms with van der Waals surface area (Å²) in [6.45, 7) is 2.06. The Labute approximate surface area is 120 Å². The monoisotopic (exact) mass is 321 g/mol. The summed E-state index contributed by atoms with van der Waals surface area (Å²) in [5, 5.41) is 7.75. The molecule has 1 aliphatic heterocycles. The van der Waals surface area contributed by atoms with E-state index in [4.69, 9.17) is 0 Å². The molecule has 6 heteroatoms. The number of aryl methyl sites for hydroxylation is 1. The highest BCUT2D eigenvalue weighted by molar-refractivity contribution is 9.10. The molecule has 1 aliphatic rings. The average molecular weight is 322 g/mol. The molecule has 2 aromatic rings. The van der Waals surface area contributed by atoms with Crippen molar-refractivity contribution in [1.82, 2.24) is 14.8 Å². The molecule has 0 aromatic carbocycles. The highest BCUT2D eigenvalue weighted by Gasteiger charge is 2.23. The Balaban J connectivity index is 1.63. The second-order valence-electron chi connectivity index (χ2n) is 4.84. The van der Waals surface area contributed by atoms with Gasteiger partial charge in [0.1, 0.15) is 0 Å². The minimum Gasteiger partial charge on any atom is -0.379 e. The highest BCUT2D eigenvalue weighted by atomic mass is 79.9. The number of nitrogens with zero attached hydrogens (tertiary/aromatic N) is 4. The van der Waals surface area contributed by atoms with Crippen LogP contribution >= 0.6 is 15.9 Å². The molecule has 3 rings (SSSR count). The zero-order chi connectivity index (χ0) is 13.2. The Morgan fingerprint density at radius 1 is 1.37 bits per heavy atom. The van der Waals surface area contributed by atoms with Crippen molar-refractivity contribution >= 4 is 27.3 Å². The van der Waals surface area contributed by atoms with Crippen LogP contribution in [-0.2, 0) is 7.05 Å². The number of pyridine rings is 1. The van der Waals surface area contributed by atoms with Crippen LogP contribution in [0.4, 0.5) is 11.4 Å². The van der Waals surface area contributed by atoms with Gasteiger partial charge in [0.25, 0.3) is 0 Å². The lowest BCUT2D eigenvalue weighted by Gasteiger charge is -2.17. The summed E-state index contributed by atoms with van der Waals surface area (Å²) < 4.78 is 2.84. The van der Waals surface area contributed by atoms with Gasteiger partial charge >= 0.3 is 0 Å². The van der Waals surface area contributed by atoms with Gasteiger partial charge in [-0.1, -0.05) is 0 Å². The van der Waals surface area contributed by atoms with Gasteiger partial charge in [0.2, 0.25) is 0 Å². The molecule has 100 valence electrons. The van der Waals surface area contributed by atoms with Gasteiger partial charge in [-0.05, 0) is 28.4 Å². The summed E-state index contributed by atoms with van der Waals surface area (Å²) in [4.78, 5) is 6.53. The van der Waals surface area contributed by atoms with Crippen molar-refractivity contribution in [2.45, 2.75) is 12.5 Å². The molecule has 0 radical (unpaired) electrons. The van der Waals surface area contributed by atoms with E-state index in [0.29, 0.717) is 6.04 Å². The van der Waals surface area contributed by atoms with Crippen molar-refractivity contribution in [1.29, 1.82) is 0 Å². The standard InChI is InChI=1S/C13H16BrN5/c1-18-9-13(7-16-18)19-3-2-11(8-19)17-12-4-10(14)5-15-6-12/h4-7,9,11,17H,2-3,8H2,1H3/t11-/m0/s1. The van der Waals surface area contributed by atoms with Gasteiger partial charge in [-0.2, -0.15) is 5.10 Å². The molecule has 1 atom stereocenters. The van der Waals surface area contributed by atoms with E-state index in [1.54, 1.807) is 6.20 Å². The molecule has 0 amide bonds. The number of hydrogen-bond acceptors (Lipinski definition) is 4. The maximum atomic E-state index is 4.22. The van der Waals surface area contributed by atoms with E-state index in [0.717, 1.165) is 29.7 Å². The molecule has 19 heavy (non-hydrogen) atoms. The third-order valence-electron chi connectivity index (χ3n) is 3.32. The van der Waals surface area contributed by atoms with Crippen LogP contribution in [0.3, 0.4) is 0 Å². The van der Waals surface area contributed by atoms with Gasteiger partial charge < -0.3 is 10.2 Å². The Morgan fingerprint density at radius 3 is 3.00 bits per heavy atom. The van der Waals surface area contributed by atoms with Crippen LogP contribution in [-0.4, -0.2) is 33.9 Å². The summed E-state index contributed by atoms with van der Waals surface area (Å²) in [5.41, 5.74) is 2.26. The van der Waals surface area contributed by atoms with Crippen molar-refractivity contribution in [2.75, 3.05) is 23.3 Å². The fourth-order valence-corrected chi connectivity index (χ4v) is 2.78. The first-order chi connectivity index (χ1) is 9.20. The summed E-state index contributed by atoms with van der Waals surface area (Å²) in [5.74, 6) is 0. The van der Waals surface area contributed by atoms with E-state index in [1.165, 1.54) is 5.69 Å². The normalized spacial score (nSPS) is 18.8. The zero-order valence-electron chi connectivity index (χ0n) is 10.8. The maximum Gasteiger partial charge on any atom is 0.0753 e. The van der Waals surface area contributed by atoms with Crippen LogP contribution < -0.4 is 10.2 Å². The molecule has 5 nitrogen and oxygen atoms in total. The Hall–Kier alpha value is -1.56. The third-order valence-corrected chi connectivity index (χ3v) is 3.75. The predicted molar refractivity (Wildman–Crippen MR) is 79.4 cm³/mol. The van der Waals surface area contributed by atoms with Crippen LogP contribution in [0.1, 0.15) is 6.42 Å². The first kappa shape index (κ1) is 12.5. The smallest absolute Gasteiger partial charge is 0.0753 e. The van der Waals surface area contributed by atoms with E-state index >= 15 is 0 Å². The zero-order valence-corrected chi connectivity index (χ0v) is 12.3.